The van der Waals surface area contributed by atoms with Crippen molar-refractivity contribution in [2.24, 2.45) is 0 Å². The Kier molecular flexibility index (Phi) is 3.00. The summed E-state index contributed by atoms with van der Waals surface area (Å²) >= 11 is 3.21. The third-order valence-corrected chi connectivity index (χ3v) is 2.37. The molecule has 4 nitrogen and oxygen atoms in total. The van der Waals surface area contributed by atoms with Crippen molar-refractivity contribution in [1.82, 2.24) is 9.97 Å². The monoisotopic (exact) mass is 283 g/mol. The lowest BCUT2D eigenvalue weighted by atomic mass is 10.3. The van der Waals surface area contributed by atoms with Gasteiger partial charge in [0.05, 0.1) is 11.9 Å². The van der Waals surface area contributed by atoms with Crippen LogP contribution in [0.3, 0.4) is 0 Å². The second-order valence-electron chi connectivity index (χ2n) is 3.04. The van der Waals surface area contributed by atoms with Gasteiger partial charge in [-0.3, -0.25) is 9.78 Å². The molecule has 0 saturated heterocycles. The highest BCUT2D eigenvalue weighted by Crippen LogP contribution is 2.14. The number of pyridine rings is 1. The van der Waals surface area contributed by atoms with Gasteiger partial charge in [0.25, 0.3) is 5.91 Å². The molecule has 2 aromatic rings. The topological polar surface area (TPSA) is 57.8 Å². The molecule has 6 heteroatoms. The standard InChI is InChI=1S/C10H7BrFN3O/c11-6-3-9(14-4-6)10(16)15-8-1-2-13-5-7(8)12/h1-5,14H,(H,13,15,16). The van der Waals surface area contributed by atoms with Gasteiger partial charge in [0, 0.05) is 16.9 Å². The predicted octanol–water partition coefficient (Wildman–Crippen LogP) is 2.56. The van der Waals surface area contributed by atoms with Gasteiger partial charge in [-0.1, -0.05) is 0 Å². The number of anilines is 1. The summed E-state index contributed by atoms with van der Waals surface area (Å²) < 4.78 is 13.9. The van der Waals surface area contributed by atoms with Gasteiger partial charge < -0.3 is 10.3 Å². The fraction of sp³-hybridized carbons (Fsp3) is 0. The van der Waals surface area contributed by atoms with Crippen LogP contribution in [0, 0.1) is 5.82 Å². The van der Waals surface area contributed by atoms with Gasteiger partial charge in [-0.2, -0.15) is 0 Å². The molecule has 0 radical (unpaired) electrons. The van der Waals surface area contributed by atoms with E-state index in [2.05, 4.69) is 31.2 Å². The van der Waals surface area contributed by atoms with Crippen LogP contribution in [0.1, 0.15) is 10.5 Å². The number of nitrogens with one attached hydrogen (secondary N) is 2. The molecule has 2 aromatic heterocycles. The Labute approximate surface area is 99.0 Å². The van der Waals surface area contributed by atoms with Gasteiger partial charge >= 0.3 is 0 Å². The highest BCUT2D eigenvalue weighted by molar-refractivity contribution is 9.10. The van der Waals surface area contributed by atoms with Gasteiger partial charge in [-0.05, 0) is 28.1 Å². The molecule has 16 heavy (non-hydrogen) atoms. The van der Waals surface area contributed by atoms with Crippen molar-refractivity contribution >= 4 is 27.5 Å². The van der Waals surface area contributed by atoms with E-state index >= 15 is 0 Å². The van der Waals surface area contributed by atoms with Crippen LogP contribution in [0.5, 0.6) is 0 Å². The zero-order valence-corrected chi connectivity index (χ0v) is 9.58. The molecule has 0 aliphatic carbocycles. The Bertz CT molecular complexity index is 526. The quantitative estimate of drug-likeness (QED) is 0.890. The number of nitrogens with zero attached hydrogens (tertiary/aromatic N) is 1. The molecule has 0 aliphatic rings. The van der Waals surface area contributed by atoms with E-state index < -0.39 is 11.7 Å². The number of carbonyl (C=O) groups is 1. The molecule has 1 amide bonds. The average molecular weight is 284 g/mol. The maximum Gasteiger partial charge on any atom is 0.272 e. The van der Waals surface area contributed by atoms with Crippen molar-refractivity contribution in [3.63, 3.8) is 0 Å². The van der Waals surface area contributed by atoms with Crippen molar-refractivity contribution in [1.29, 1.82) is 0 Å². The molecule has 2 rings (SSSR count). The molecule has 2 N–H and O–H groups in total. The van der Waals surface area contributed by atoms with Crippen LogP contribution in [0.2, 0.25) is 0 Å². The molecule has 0 atom stereocenters. The van der Waals surface area contributed by atoms with Gasteiger partial charge in [0.1, 0.15) is 5.69 Å². The van der Waals surface area contributed by atoms with E-state index in [9.17, 15) is 9.18 Å². The summed E-state index contributed by atoms with van der Waals surface area (Å²) in [6, 6.07) is 3.00. The van der Waals surface area contributed by atoms with E-state index in [4.69, 9.17) is 0 Å². The van der Waals surface area contributed by atoms with Crippen LogP contribution < -0.4 is 5.32 Å². The Morgan fingerprint density at radius 1 is 1.56 bits per heavy atom. The van der Waals surface area contributed by atoms with Crippen LogP contribution in [-0.2, 0) is 0 Å². The maximum absolute atomic E-state index is 13.2. The highest BCUT2D eigenvalue weighted by Gasteiger charge is 2.10. The van der Waals surface area contributed by atoms with Crippen molar-refractivity contribution < 1.29 is 9.18 Å². The number of halogens is 2. The Balaban J connectivity index is 2.17. The number of H-pyrrole nitrogens is 1. The summed E-state index contributed by atoms with van der Waals surface area (Å²) in [4.78, 5) is 18.0. The number of aromatic amines is 1. The number of amides is 1. The van der Waals surface area contributed by atoms with Crippen molar-refractivity contribution in [2.45, 2.75) is 0 Å². The molecular formula is C10H7BrFN3O. The van der Waals surface area contributed by atoms with Gasteiger partial charge in [-0.15, -0.1) is 0 Å². The molecule has 0 aliphatic heterocycles. The van der Waals surface area contributed by atoms with Crippen LogP contribution >= 0.6 is 15.9 Å². The molecule has 0 fully saturated rings. The average Bonchev–Trinajstić information content (AvgIpc) is 2.68. The van der Waals surface area contributed by atoms with Crippen molar-refractivity contribution in [3.05, 3.63) is 46.7 Å². The molecule has 82 valence electrons. The minimum Gasteiger partial charge on any atom is -0.356 e. The Morgan fingerprint density at radius 2 is 2.38 bits per heavy atom. The van der Waals surface area contributed by atoms with Gasteiger partial charge in [0.15, 0.2) is 5.82 Å². The third-order valence-electron chi connectivity index (χ3n) is 1.91. The lowest BCUT2D eigenvalue weighted by Gasteiger charge is -2.03. The minimum atomic E-state index is -0.568. The fourth-order valence-corrected chi connectivity index (χ4v) is 1.51. The predicted molar refractivity (Wildman–Crippen MR) is 60.6 cm³/mol. The fourth-order valence-electron chi connectivity index (χ4n) is 1.17. The number of rotatable bonds is 2. The summed E-state index contributed by atoms with van der Waals surface area (Å²) in [6.07, 6.45) is 4.07. The summed E-state index contributed by atoms with van der Waals surface area (Å²) in [5, 5.41) is 2.43. The number of hydrogen-bond acceptors (Lipinski definition) is 2. The SMILES string of the molecule is O=C(Nc1ccncc1F)c1cc(Br)c[nH]1. The Hall–Kier alpha value is -1.69. The van der Waals surface area contributed by atoms with Crippen LogP contribution in [0.4, 0.5) is 10.1 Å². The van der Waals surface area contributed by atoms with E-state index in [-0.39, 0.29) is 5.69 Å². The zero-order chi connectivity index (χ0) is 11.5. The minimum absolute atomic E-state index is 0.103. The summed E-state index contributed by atoms with van der Waals surface area (Å²) in [6.45, 7) is 0. The maximum atomic E-state index is 13.2. The number of aromatic nitrogens is 2. The highest BCUT2D eigenvalue weighted by atomic mass is 79.9. The Morgan fingerprint density at radius 3 is 3.00 bits per heavy atom. The second kappa shape index (κ2) is 4.44. The lowest BCUT2D eigenvalue weighted by molar-refractivity contribution is 0.102. The largest absolute Gasteiger partial charge is 0.356 e. The molecule has 0 spiro atoms. The van der Waals surface area contributed by atoms with Crippen LogP contribution in [0.15, 0.2) is 35.2 Å². The van der Waals surface area contributed by atoms with E-state index in [0.29, 0.717) is 5.69 Å². The molecule has 0 bridgehead atoms. The normalized spacial score (nSPS) is 10.1. The van der Waals surface area contributed by atoms with Crippen molar-refractivity contribution in [3.8, 4) is 0 Å². The van der Waals surface area contributed by atoms with Crippen molar-refractivity contribution in [2.75, 3.05) is 5.32 Å². The third kappa shape index (κ3) is 2.27. The smallest absolute Gasteiger partial charge is 0.272 e. The van der Waals surface area contributed by atoms with E-state index in [1.54, 1.807) is 12.3 Å². The second-order valence-corrected chi connectivity index (χ2v) is 3.96. The zero-order valence-electron chi connectivity index (χ0n) is 8.00. The van der Waals surface area contributed by atoms with Gasteiger partial charge in [-0.25, -0.2) is 4.39 Å². The first-order valence-electron chi connectivity index (χ1n) is 4.41. The molecular weight excluding hydrogens is 277 g/mol. The molecule has 0 aromatic carbocycles. The first-order valence-corrected chi connectivity index (χ1v) is 5.21. The first kappa shape index (κ1) is 10.8. The van der Waals surface area contributed by atoms with E-state index in [0.717, 1.165) is 10.7 Å². The molecule has 0 saturated carbocycles. The summed E-state index contributed by atoms with van der Waals surface area (Å²) in [5.74, 6) is -0.975. The van der Waals surface area contributed by atoms with Crippen LogP contribution in [0.25, 0.3) is 0 Å². The summed E-state index contributed by atoms with van der Waals surface area (Å²) in [5.41, 5.74) is 0.453. The van der Waals surface area contributed by atoms with E-state index in [1.165, 1.54) is 12.3 Å². The van der Waals surface area contributed by atoms with Crippen LogP contribution in [-0.4, -0.2) is 15.9 Å². The number of carbonyl (C=O) groups excluding carboxylic acids is 1. The first-order chi connectivity index (χ1) is 7.66. The molecule has 2 heterocycles. The molecule has 0 unspecified atom stereocenters. The number of hydrogen-bond donors (Lipinski definition) is 2. The lowest BCUT2D eigenvalue weighted by Crippen LogP contribution is -2.13. The van der Waals surface area contributed by atoms with Gasteiger partial charge in [0.2, 0.25) is 0 Å². The van der Waals surface area contributed by atoms with E-state index in [1.807, 2.05) is 0 Å². The summed E-state index contributed by atoms with van der Waals surface area (Å²) in [7, 11) is 0.